The number of hydrogen-bond donors (Lipinski definition) is 0. The molecule has 0 aromatic heterocycles. The third kappa shape index (κ3) is 2.02. The Bertz CT molecular complexity index is 430. The van der Waals surface area contributed by atoms with Gasteiger partial charge in [-0.05, 0) is 16.3 Å². The Morgan fingerprint density at radius 3 is 2.43 bits per heavy atom. The Balaban J connectivity index is 2.53. The van der Waals surface area contributed by atoms with E-state index in [4.69, 9.17) is 23.2 Å². The lowest BCUT2D eigenvalue weighted by Crippen LogP contribution is -1.94. The molecule has 0 fully saturated rings. The van der Waals surface area contributed by atoms with Crippen LogP contribution in [0.4, 0.5) is 0 Å². The molecular formula is C12H10Cl2. The van der Waals surface area contributed by atoms with E-state index in [-0.39, 0.29) is 4.84 Å². The molecule has 0 aliphatic carbocycles. The molecule has 2 heteroatoms. The van der Waals surface area contributed by atoms with Crippen LogP contribution in [0.3, 0.4) is 0 Å². The van der Waals surface area contributed by atoms with Crippen molar-refractivity contribution in [1.82, 2.24) is 0 Å². The zero-order chi connectivity index (χ0) is 9.97. The fourth-order valence-electron chi connectivity index (χ4n) is 1.64. The standard InChI is InChI=1S/C12H10Cl2/c13-12(14)8-10-6-3-5-9-4-1-2-7-11(9)10/h1-7,12H,8H2. The highest BCUT2D eigenvalue weighted by Crippen LogP contribution is 2.21. The lowest BCUT2D eigenvalue weighted by molar-refractivity contribution is 1.10. The van der Waals surface area contributed by atoms with Gasteiger partial charge in [0.15, 0.2) is 0 Å². The van der Waals surface area contributed by atoms with E-state index in [1.807, 2.05) is 18.2 Å². The van der Waals surface area contributed by atoms with Crippen molar-refractivity contribution in [3.8, 4) is 0 Å². The molecule has 0 radical (unpaired) electrons. The van der Waals surface area contributed by atoms with Gasteiger partial charge in [0.1, 0.15) is 4.84 Å². The summed E-state index contributed by atoms with van der Waals surface area (Å²) in [5.74, 6) is 0. The SMILES string of the molecule is ClC(Cl)Cc1cccc2ccccc12. The summed E-state index contributed by atoms with van der Waals surface area (Å²) in [7, 11) is 0. The van der Waals surface area contributed by atoms with Crippen molar-refractivity contribution in [2.24, 2.45) is 0 Å². The summed E-state index contributed by atoms with van der Waals surface area (Å²) in [6.07, 6.45) is 0.699. The van der Waals surface area contributed by atoms with Gasteiger partial charge >= 0.3 is 0 Å². The first-order valence-electron chi connectivity index (χ1n) is 4.52. The van der Waals surface area contributed by atoms with E-state index in [9.17, 15) is 0 Å². The Hall–Kier alpha value is -0.720. The summed E-state index contributed by atoms with van der Waals surface area (Å²) >= 11 is 11.6. The molecule has 14 heavy (non-hydrogen) atoms. The van der Waals surface area contributed by atoms with Gasteiger partial charge in [-0.25, -0.2) is 0 Å². The van der Waals surface area contributed by atoms with Crippen LogP contribution in [0.15, 0.2) is 42.5 Å². The van der Waals surface area contributed by atoms with E-state index >= 15 is 0 Å². The quantitative estimate of drug-likeness (QED) is 0.672. The van der Waals surface area contributed by atoms with Gasteiger partial charge in [0.2, 0.25) is 0 Å². The van der Waals surface area contributed by atoms with Gasteiger partial charge in [-0.15, -0.1) is 23.2 Å². The molecule has 72 valence electrons. The second-order valence-electron chi connectivity index (χ2n) is 3.23. The largest absolute Gasteiger partial charge is 0.111 e. The average Bonchev–Trinajstić information content (AvgIpc) is 2.18. The van der Waals surface area contributed by atoms with E-state index in [1.165, 1.54) is 16.3 Å². The molecule has 0 bridgehead atoms. The Morgan fingerprint density at radius 1 is 0.929 bits per heavy atom. The molecule has 2 aromatic carbocycles. The molecule has 0 atom stereocenters. The monoisotopic (exact) mass is 224 g/mol. The van der Waals surface area contributed by atoms with Crippen LogP contribution in [0, 0.1) is 0 Å². The van der Waals surface area contributed by atoms with Crippen molar-refractivity contribution in [3.05, 3.63) is 48.0 Å². The fraction of sp³-hybridized carbons (Fsp3) is 0.167. The van der Waals surface area contributed by atoms with Crippen molar-refractivity contribution in [2.75, 3.05) is 0 Å². The molecule has 2 rings (SSSR count). The van der Waals surface area contributed by atoms with Crippen LogP contribution in [0.5, 0.6) is 0 Å². The molecule has 0 N–H and O–H groups in total. The molecular weight excluding hydrogens is 215 g/mol. The Kier molecular flexibility index (Phi) is 2.95. The minimum absolute atomic E-state index is 0.333. The van der Waals surface area contributed by atoms with Gasteiger partial charge in [0.25, 0.3) is 0 Å². The van der Waals surface area contributed by atoms with Gasteiger partial charge < -0.3 is 0 Å². The van der Waals surface area contributed by atoms with E-state index < -0.39 is 0 Å². The minimum Gasteiger partial charge on any atom is -0.105 e. The van der Waals surface area contributed by atoms with Gasteiger partial charge in [-0.3, -0.25) is 0 Å². The zero-order valence-electron chi connectivity index (χ0n) is 7.58. The summed E-state index contributed by atoms with van der Waals surface area (Å²) in [6, 6.07) is 14.5. The summed E-state index contributed by atoms with van der Waals surface area (Å²) in [5.41, 5.74) is 1.21. The molecule has 2 aromatic rings. The van der Waals surface area contributed by atoms with Crippen LogP contribution in [-0.4, -0.2) is 4.84 Å². The van der Waals surface area contributed by atoms with Crippen molar-refractivity contribution < 1.29 is 0 Å². The highest BCUT2D eigenvalue weighted by molar-refractivity contribution is 6.44. The first-order chi connectivity index (χ1) is 6.77. The molecule has 0 amide bonds. The number of alkyl halides is 2. The third-order valence-electron chi connectivity index (χ3n) is 2.25. The summed E-state index contributed by atoms with van der Waals surface area (Å²) in [5, 5.41) is 2.47. The van der Waals surface area contributed by atoms with E-state index in [1.54, 1.807) is 0 Å². The van der Waals surface area contributed by atoms with E-state index in [0.717, 1.165) is 0 Å². The highest BCUT2D eigenvalue weighted by Gasteiger charge is 2.04. The molecule has 0 nitrogen and oxygen atoms in total. The smallest absolute Gasteiger partial charge is 0.105 e. The molecule has 0 spiro atoms. The second kappa shape index (κ2) is 4.20. The number of rotatable bonds is 2. The van der Waals surface area contributed by atoms with Gasteiger partial charge in [0, 0.05) is 6.42 Å². The normalized spacial score (nSPS) is 11.1. The maximum Gasteiger partial charge on any atom is 0.111 e. The van der Waals surface area contributed by atoms with Crippen molar-refractivity contribution in [3.63, 3.8) is 0 Å². The lowest BCUT2D eigenvalue weighted by atomic mass is 10.0. The summed E-state index contributed by atoms with van der Waals surface area (Å²) in [6.45, 7) is 0. The average molecular weight is 225 g/mol. The van der Waals surface area contributed by atoms with Crippen molar-refractivity contribution in [2.45, 2.75) is 11.3 Å². The lowest BCUT2D eigenvalue weighted by Gasteiger charge is -2.06. The van der Waals surface area contributed by atoms with Crippen LogP contribution < -0.4 is 0 Å². The highest BCUT2D eigenvalue weighted by atomic mass is 35.5. The molecule has 0 saturated carbocycles. The van der Waals surface area contributed by atoms with Crippen LogP contribution in [-0.2, 0) is 6.42 Å². The topological polar surface area (TPSA) is 0 Å². The maximum atomic E-state index is 5.78. The number of benzene rings is 2. The number of fused-ring (bicyclic) bond motifs is 1. The van der Waals surface area contributed by atoms with E-state index in [2.05, 4.69) is 24.3 Å². The zero-order valence-corrected chi connectivity index (χ0v) is 9.09. The second-order valence-corrected chi connectivity index (χ2v) is 4.51. The van der Waals surface area contributed by atoms with Crippen LogP contribution in [0.2, 0.25) is 0 Å². The van der Waals surface area contributed by atoms with Gasteiger partial charge in [-0.1, -0.05) is 42.5 Å². The van der Waals surface area contributed by atoms with Crippen LogP contribution >= 0.6 is 23.2 Å². The van der Waals surface area contributed by atoms with Gasteiger partial charge in [-0.2, -0.15) is 0 Å². The summed E-state index contributed by atoms with van der Waals surface area (Å²) < 4.78 is 0. The molecule has 0 heterocycles. The maximum absolute atomic E-state index is 5.78. The Morgan fingerprint density at radius 2 is 1.64 bits per heavy atom. The third-order valence-corrected chi connectivity index (χ3v) is 2.56. The van der Waals surface area contributed by atoms with Crippen molar-refractivity contribution >= 4 is 34.0 Å². The molecule has 0 aliphatic rings. The predicted molar refractivity (Wildman–Crippen MR) is 63.1 cm³/mol. The van der Waals surface area contributed by atoms with E-state index in [0.29, 0.717) is 6.42 Å². The van der Waals surface area contributed by atoms with Crippen molar-refractivity contribution in [1.29, 1.82) is 0 Å². The molecule has 0 saturated heterocycles. The Labute approximate surface area is 93.4 Å². The first kappa shape index (κ1) is 9.82. The van der Waals surface area contributed by atoms with Gasteiger partial charge in [0.05, 0.1) is 0 Å². The molecule has 0 unspecified atom stereocenters. The predicted octanol–water partition coefficient (Wildman–Crippen LogP) is 4.19. The number of hydrogen-bond acceptors (Lipinski definition) is 0. The first-order valence-corrected chi connectivity index (χ1v) is 5.39. The van der Waals surface area contributed by atoms with Crippen LogP contribution in [0.25, 0.3) is 10.8 Å². The van der Waals surface area contributed by atoms with Crippen LogP contribution in [0.1, 0.15) is 5.56 Å². The molecule has 0 aliphatic heterocycles. The minimum atomic E-state index is -0.333. The fourth-order valence-corrected chi connectivity index (χ4v) is 1.97. The summed E-state index contributed by atoms with van der Waals surface area (Å²) in [4.78, 5) is -0.333. The number of halogens is 2.